The van der Waals surface area contributed by atoms with Crippen molar-refractivity contribution >= 4 is 38.9 Å². The van der Waals surface area contributed by atoms with E-state index in [1.165, 1.54) is 28.8 Å². The van der Waals surface area contributed by atoms with Gasteiger partial charge in [0.15, 0.2) is 0 Å². The maximum absolute atomic E-state index is 13.8. The van der Waals surface area contributed by atoms with Gasteiger partial charge in [-0.25, -0.2) is 4.39 Å². The van der Waals surface area contributed by atoms with Crippen LogP contribution in [-0.2, 0) is 0 Å². The number of benzene rings is 6. The van der Waals surface area contributed by atoms with E-state index in [0.717, 1.165) is 44.6 Å². The smallest absolute Gasteiger partial charge is 0.123 e. The van der Waals surface area contributed by atoms with Gasteiger partial charge in [-0.15, -0.1) is 0 Å². The van der Waals surface area contributed by atoms with Gasteiger partial charge in [-0.05, 0) is 90.8 Å². The van der Waals surface area contributed by atoms with Gasteiger partial charge in [-0.3, -0.25) is 0 Å². The summed E-state index contributed by atoms with van der Waals surface area (Å²) in [6.45, 7) is 2.11. The molecule has 1 aromatic heterocycles. The van der Waals surface area contributed by atoms with E-state index in [9.17, 15) is 4.39 Å². The van der Waals surface area contributed by atoms with Crippen molar-refractivity contribution in [1.29, 1.82) is 0 Å². The highest BCUT2D eigenvalue weighted by atomic mass is 19.1. The maximum atomic E-state index is 13.8. The Morgan fingerprint density at radius 3 is 1.80 bits per heavy atom. The van der Waals surface area contributed by atoms with Crippen molar-refractivity contribution in [3.8, 4) is 16.8 Å². The fraction of sp³-hybridized carbons (Fsp3) is 0.0270. The molecule has 0 bridgehead atoms. The Hall–Kier alpha value is -5.15. The molecule has 0 aliphatic rings. The number of rotatable bonds is 5. The Bertz CT molecular complexity index is 1940. The Morgan fingerprint density at radius 1 is 0.500 bits per heavy atom. The molecule has 0 fully saturated rings. The molecule has 1 heterocycles. The van der Waals surface area contributed by atoms with E-state index < -0.39 is 0 Å². The lowest BCUT2D eigenvalue weighted by atomic mass is 10.0. The number of anilines is 3. The molecule has 0 N–H and O–H groups in total. The second-order valence-electron chi connectivity index (χ2n) is 10.1. The van der Waals surface area contributed by atoms with Gasteiger partial charge in [0, 0.05) is 33.5 Å². The monoisotopic (exact) mass is 518 g/mol. The van der Waals surface area contributed by atoms with Gasteiger partial charge < -0.3 is 9.47 Å². The molecule has 0 spiro atoms. The van der Waals surface area contributed by atoms with E-state index in [0.29, 0.717) is 0 Å². The van der Waals surface area contributed by atoms with Crippen molar-refractivity contribution in [3.63, 3.8) is 0 Å². The van der Waals surface area contributed by atoms with Crippen LogP contribution in [0.3, 0.4) is 0 Å². The largest absolute Gasteiger partial charge is 0.310 e. The summed E-state index contributed by atoms with van der Waals surface area (Å²) < 4.78 is 16.0. The lowest BCUT2D eigenvalue weighted by Gasteiger charge is -2.26. The van der Waals surface area contributed by atoms with Gasteiger partial charge in [-0.2, -0.15) is 0 Å². The van der Waals surface area contributed by atoms with Crippen molar-refractivity contribution < 1.29 is 4.39 Å². The third-order valence-corrected chi connectivity index (χ3v) is 7.52. The predicted octanol–water partition coefficient (Wildman–Crippen LogP) is 10.4. The molecular formula is C37H27FN2. The van der Waals surface area contributed by atoms with Crippen LogP contribution in [-0.4, -0.2) is 4.57 Å². The Labute approximate surface area is 233 Å². The molecule has 40 heavy (non-hydrogen) atoms. The first-order valence-corrected chi connectivity index (χ1v) is 13.5. The Morgan fingerprint density at radius 2 is 1.07 bits per heavy atom. The normalized spacial score (nSPS) is 11.2. The van der Waals surface area contributed by atoms with Crippen molar-refractivity contribution in [2.45, 2.75) is 6.92 Å². The maximum Gasteiger partial charge on any atom is 0.123 e. The summed E-state index contributed by atoms with van der Waals surface area (Å²) >= 11 is 0. The average molecular weight is 519 g/mol. The van der Waals surface area contributed by atoms with Crippen LogP contribution >= 0.6 is 0 Å². The second-order valence-corrected chi connectivity index (χ2v) is 10.1. The van der Waals surface area contributed by atoms with Gasteiger partial charge in [-0.1, -0.05) is 78.4 Å². The number of nitrogens with zero attached hydrogens (tertiary/aromatic N) is 2. The summed E-state index contributed by atoms with van der Waals surface area (Å²) in [6.07, 6.45) is 0. The molecular weight excluding hydrogens is 491 g/mol. The average Bonchev–Trinajstić information content (AvgIpc) is 3.33. The SMILES string of the molecule is Cc1ccc(N(c2ccc(-c3ccccc3)cc2)c2ccc3c(c2)c2ccccc2n3-c2ccc(F)cc2)cc1. The van der Waals surface area contributed by atoms with Gasteiger partial charge >= 0.3 is 0 Å². The molecule has 0 amide bonds. The lowest BCUT2D eigenvalue weighted by Crippen LogP contribution is -2.10. The number of hydrogen-bond donors (Lipinski definition) is 0. The van der Waals surface area contributed by atoms with E-state index >= 15 is 0 Å². The molecule has 3 heteroatoms. The molecule has 192 valence electrons. The van der Waals surface area contributed by atoms with E-state index in [1.54, 1.807) is 0 Å². The van der Waals surface area contributed by atoms with Gasteiger partial charge in [0.2, 0.25) is 0 Å². The minimum Gasteiger partial charge on any atom is -0.310 e. The molecule has 0 saturated carbocycles. The molecule has 6 aromatic carbocycles. The molecule has 0 aliphatic heterocycles. The van der Waals surface area contributed by atoms with E-state index in [-0.39, 0.29) is 5.82 Å². The first-order valence-electron chi connectivity index (χ1n) is 13.5. The summed E-state index contributed by atoms with van der Waals surface area (Å²) in [4.78, 5) is 2.30. The van der Waals surface area contributed by atoms with Crippen LogP contribution in [0.5, 0.6) is 0 Å². The predicted molar refractivity (Wildman–Crippen MR) is 166 cm³/mol. The fourth-order valence-electron chi connectivity index (χ4n) is 5.54. The van der Waals surface area contributed by atoms with Crippen LogP contribution in [0.2, 0.25) is 0 Å². The van der Waals surface area contributed by atoms with Gasteiger partial charge in [0.05, 0.1) is 11.0 Å². The van der Waals surface area contributed by atoms with Crippen LogP contribution in [0, 0.1) is 12.7 Å². The fourth-order valence-corrected chi connectivity index (χ4v) is 5.54. The van der Waals surface area contributed by atoms with E-state index in [2.05, 4.69) is 132 Å². The highest BCUT2D eigenvalue weighted by Crippen LogP contribution is 2.40. The number of aromatic nitrogens is 1. The lowest BCUT2D eigenvalue weighted by molar-refractivity contribution is 0.627. The molecule has 0 radical (unpaired) electrons. The van der Waals surface area contributed by atoms with Crippen molar-refractivity contribution in [1.82, 2.24) is 4.57 Å². The molecule has 0 saturated heterocycles. The Kier molecular flexibility index (Phi) is 5.90. The molecule has 2 nitrogen and oxygen atoms in total. The first-order chi connectivity index (χ1) is 19.7. The molecule has 0 atom stereocenters. The summed E-state index contributed by atoms with van der Waals surface area (Å²) in [5.74, 6) is -0.237. The van der Waals surface area contributed by atoms with Crippen LogP contribution in [0.4, 0.5) is 21.5 Å². The van der Waals surface area contributed by atoms with Crippen LogP contribution in [0.1, 0.15) is 5.56 Å². The van der Waals surface area contributed by atoms with Crippen LogP contribution in [0.25, 0.3) is 38.6 Å². The molecule has 0 unspecified atom stereocenters. The minimum atomic E-state index is -0.237. The summed E-state index contributed by atoms with van der Waals surface area (Å²) in [6, 6.07) is 49.6. The van der Waals surface area contributed by atoms with Crippen molar-refractivity contribution in [2.75, 3.05) is 4.90 Å². The first kappa shape index (κ1) is 23.9. The Balaban J connectivity index is 1.41. The zero-order valence-electron chi connectivity index (χ0n) is 22.1. The number of para-hydroxylation sites is 1. The van der Waals surface area contributed by atoms with Crippen molar-refractivity contribution in [3.05, 3.63) is 157 Å². The number of aryl methyl sites for hydroxylation is 1. The molecule has 7 rings (SSSR count). The highest BCUT2D eigenvalue weighted by Gasteiger charge is 2.17. The number of fused-ring (bicyclic) bond motifs is 3. The number of halogens is 1. The zero-order chi connectivity index (χ0) is 27.1. The standard InChI is InChI=1S/C37H27FN2/c1-26-11-17-30(18-12-26)39(31-19-13-28(14-20-31)27-7-3-2-4-8-27)33-23-24-37-35(25-33)34-9-5-6-10-36(34)40(37)32-21-15-29(38)16-22-32/h2-25H,1H3. The van der Waals surface area contributed by atoms with Crippen molar-refractivity contribution in [2.24, 2.45) is 0 Å². The van der Waals surface area contributed by atoms with Crippen LogP contribution in [0.15, 0.2) is 146 Å². The minimum absolute atomic E-state index is 0.237. The molecule has 0 aliphatic carbocycles. The van der Waals surface area contributed by atoms with E-state index in [4.69, 9.17) is 0 Å². The quantitative estimate of drug-likeness (QED) is 0.220. The van der Waals surface area contributed by atoms with Crippen LogP contribution < -0.4 is 4.90 Å². The highest BCUT2D eigenvalue weighted by molar-refractivity contribution is 6.10. The second kappa shape index (κ2) is 9.87. The number of hydrogen-bond acceptors (Lipinski definition) is 1. The van der Waals surface area contributed by atoms with E-state index in [1.807, 2.05) is 18.2 Å². The third-order valence-electron chi connectivity index (χ3n) is 7.52. The summed E-state index contributed by atoms with van der Waals surface area (Å²) in [5, 5.41) is 2.31. The van der Waals surface area contributed by atoms with Gasteiger partial charge in [0.25, 0.3) is 0 Å². The third kappa shape index (κ3) is 4.22. The van der Waals surface area contributed by atoms with Gasteiger partial charge in [0.1, 0.15) is 5.82 Å². The zero-order valence-corrected chi connectivity index (χ0v) is 22.1. The summed E-state index contributed by atoms with van der Waals surface area (Å²) in [5.41, 5.74) is 9.98. The topological polar surface area (TPSA) is 8.17 Å². The molecule has 7 aromatic rings. The summed E-state index contributed by atoms with van der Waals surface area (Å²) in [7, 11) is 0.